The lowest BCUT2D eigenvalue weighted by atomic mass is 9.82. The van der Waals surface area contributed by atoms with Crippen molar-refractivity contribution in [2.45, 2.75) is 50.4 Å². The van der Waals surface area contributed by atoms with Gasteiger partial charge in [0.15, 0.2) is 0 Å². The molecule has 6 nitrogen and oxygen atoms in total. The van der Waals surface area contributed by atoms with Gasteiger partial charge in [0.05, 0.1) is 12.1 Å². The summed E-state index contributed by atoms with van der Waals surface area (Å²) >= 11 is 0. The molecule has 4 rings (SSSR count). The first-order valence-electron chi connectivity index (χ1n) is 9.62. The summed E-state index contributed by atoms with van der Waals surface area (Å²) in [6.07, 6.45) is 1.69. The lowest BCUT2D eigenvalue weighted by Gasteiger charge is -2.58. The second-order valence-electron chi connectivity index (χ2n) is 7.87. The quantitative estimate of drug-likeness (QED) is 0.792. The number of nitrogens with zero attached hydrogens (tertiary/aromatic N) is 3. The Balaban J connectivity index is 1.54. The number of rotatable bonds is 5. The fourth-order valence-corrected chi connectivity index (χ4v) is 4.67. The van der Waals surface area contributed by atoms with Crippen molar-refractivity contribution in [1.82, 2.24) is 14.7 Å². The normalized spacial score (nSPS) is 28.5. The molecule has 1 aromatic carbocycles. The van der Waals surface area contributed by atoms with Crippen molar-refractivity contribution in [2.24, 2.45) is 0 Å². The van der Waals surface area contributed by atoms with Crippen molar-refractivity contribution in [1.29, 1.82) is 0 Å². The van der Waals surface area contributed by atoms with Crippen LogP contribution in [-0.2, 0) is 16.1 Å². The lowest BCUT2D eigenvalue weighted by molar-refractivity contribution is -0.180. The Morgan fingerprint density at radius 1 is 1.19 bits per heavy atom. The first-order chi connectivity index (χ1) is 12.5. The standard InChI is InChI=1S/C20H27N3O3/c1-2-3-9-22-18(25)17-10-16(24)12-23(17)20(19(22)26)13-21(14-20)11-15-7-5-4-6-8-15/h4-8,16-17,24H,2-3,9-14H2,1H3/t16-,17+/m1/s1. The molecule has 0 unspecified atom stereocenters. The number of fused-ring (bicyclic) bond motifs is 2. The van der Waals surface area contributed by atoms with Gasteiger partial charge in [-0.2, -0.15) is 0 Å². The Bertz CT molecular complexity index is 687. The fraction of sp³-hybridized carbons (Fsp3) is 0.600. The van der Waals surface area contributed by atoms with E-state index in [1.165, 1.54) is 10.5 Å². The maximum absolute atomic E-state index is 13.2. The van der Waals surface area contributed by atoms with E-state index in [2.05, 4.69) is 24.0 Å². The van der Waals surface area contributed by atoms with Crippen molar-refractivity contribution in [3.63, 3.8) is 0 Å². The highest BCUT2D eigenvalue weighted by atomic mass is 16.3. The van der Waals surface area contributed by atoms with Crippen molar-refractivity contribution in [3.8, 4) is 0 Å². The van der Waals surface area contributed by atoms with Crippen LogP contribution < -0.4 is 0 Å². The molecule has 3 aliphatic heterocycles. The highest BCUT2D eigenvalue weighted by molar-refractivity contribution is 6.06. The lowest BCUT2D eigenvalue weighted by Crippen LogP contribution is -2.81. The predicted octanol–water partition coefficient (Wildman–Crippen LogP) is 0.845. The smallest absolute Gasteiger partial charge is 0.252 e. The van der Waals surface area contributed by atoms with E-state index in [1.54, 1.807) is 0 Å². The Labute approximate surface area is 154 Å². The van der Waals surface area contributed by atoms with Gasteiger partial charge in [0.2, 0.25) is 5.91 Å². The molecule has 6 heteroatoms. The topological polar surface area (TPSA) is 64.1 Å². The van der Waals surface area contributed by atoms with Gasteiger partial charge in [-0.15, -0.1) is 0 Å². The Hall–Kier alpha value is -1.76. The van der Waals surface area contributed by atoms with Crippen molar-refractivity contribution in [2.75, 3.05) is 26.2 Å². The van der Waals surface area contributed by atoms with Gasteiger partial charge in [-0.05, 0) is 18.4 Å². The molecule has 3 aliphatic rings. The van der Waals surface area contributed by atoms with Crippen molar-refractivity contribution in [3.05, 3.63) is 35.9 Å². The molecule has 26 heavy (non-hydrogen) atoms. The first kappa shape index (κ1) is 17.6. The van der Waals surface area contributed by atoms with Crippen LogP contribution in [0.2, 0.25) is 0 Å². The summed E-state index contributed by atoms with van der Waals surface area (Å²) in [7, 11) is 0. The summed E-state index contributed by atoms with van der Waals surface area (Å²) in [5, 5.41) is 10.1. The van der Waals surface area contributed by atoms with Gasteiger partial charge in [0, 0.05) is 32.7 Å². The van der Waals surface area contributed by atoms with E-state index in [0.29, 0.717) is 32.6 Å². The number of likely N-dealkylation sites (tertiary alicyclic amines) is 1. The number of unbranched alkanes of at least 4 members (excludes halogenated alkanes) is 1. The fourth-order valence-electron chi connectivity index (χ4n) is 4.67. The van der Waals surface area contributed by atoms with E-state index in [1.807, 2.05) is 23.1 Å². The van der Waals surface area contributed by atoms with E-state index in [9.17, 15) is 14.7 Å². The van der Waals surface area contributed by atoms with Gasteiger partial charge in [-0.1, -0.05) is 43.7 Å². The number of β-amino-alcohol motifs (C(OH)–C–C–N with tert-alkyl or cyclic N) is 1. The van der Waals surface area contributed by atoms with E-state index in [4.69, 9.17) is 0 Å². The van der Waals surface area contributed by atoms with E-state index >= 15 is 0 Å². The van der Waals surface area contributed by atoms with Gasteiger partial charge in [0.1, 0.15) is 5.54 Å². The van der Waals surface area contributed by atoms with Crippen LogP contribution in [0.5, 0.6) is 0 Å². The number of piperazine rings is 1. The van der Waals surface area contributed by atoms with Gasteiger partial charge in [-0.25, -0.2) is 0 Å². The van der Waals surface area contributed by atoms with Crippen LogP contribution in [0, 0.1) is 0 Å². The summed E-state index contributed by atoms with van der Waals surface area (Å²) in [6.45, 7) is 5.03. The highest BCUT2D eigenvalue weighted by Gasteiger charge is 2.63. The summed E-state index contributed by atoms with van der Waals surface area (Å²) in [5.41, 5.74) is 0.584. The van der Waals surface area contributed by atoms with Gasteiger partial charge in [-0.3, -0.25) is 24.3 Å². The van der Waals surface area contributed by atoms with E-state index in [-0.39, 0.29) is 17.9 Å². The minimum absolute atomic E-state index is 0.0642. The number of hydrogen-bond donors (Lipinski definition) is 1. The molecule has 2 amide bonds. The third-order valence-corrected chi connectivity index (χ3v) is 5.98. The minimum atomic E-state index is -0.640. The van der Waals surface area contributed by atoms with Crippen molar-refractivity contribution < 1.29 is 14.7 Å². The first-order valence-corrected chi connectivity index (χ1v) is 9.62. The molecule has 0 radical (unpaired) electrons. The molecule has 1 spiro atoms. The maximum atomic E-state index is 13.2. The molecule has 3 heterocycles. The molecule has 0 saturated carbocycles. The molecule has 2 atom stereocenters. The molecule has 0 aromatic heterocycles. The van der Waals surface area contributed by atoms with E-state index in [0.717, 1.165) is 19.4 Å². The van der Waals surface area contributed by atoms with Crippen LogP contribution in [0.4, 0.5) is 0 Å². The highest BCUT2D eigenvalue weighted by Crippen LogP contribution is 2.40. The molecular weight excluding hydrogens is 330 g/mol. The van der Waals surface area contributed by atoms with Gasteiger partial charge < -0.3 is 5.11 Å². The largest absolute Gasteiger partial charge is 0.392 e. The SMILES string of the molecule is CCCCN1C(=O)[C@@H]2C[C@@H](O)CN2C2(CN(Cc3ccccc3)C2)C1=O. The second kappa shape index (κ2) is 6.76. The molecule has 1 N–H and O–H groups in total. The number of hydrogen-bond acceptors (Lipinski definition) is 5. The zero-order valence-electron chi connectivity index (χ0n) is 15.3. The van der Waals surface area contributed by atoms with Crippen LogP contribution in [0.25, 0.3) is 0 Å². The summed E-state index contributed by atoms with van der Waals surface area (Å²) < 4.78 is 0. The van der Waals surface area contributed by atoms with Crippen LogP contribution in [0.15, 0.2) is 30.3 Å². The van der Waals surface area contributed by atoms with Gasteiger partial charge >= 0.3 is 0 Å². The molecule has 3 fully saturated rings. The number of benzene rings is 1. The summed E-state index contributed by atoms with van der Waals surface area (Å²) in [6, 6.07) is 9.88. The van der Waals surface area contributed by atoms with Crippen LogP contribution in [0.1, 0.15) is 31.7 Å². The average molecular weight is 357 g/mol. The number of carbonyl (C=O) groups excluding carboxylic acids is 2. The summed E-state index contributed by atoms with van der Waals surface area (Å²) in [4.78, 5) is 31.8. The third-order valence-electron chi connectivity index (χ3n) is 5.98. The number of imide groups is 1. The Morgan fingerprint density at radius 3 is 2.62 bits per heavy atom. The molecule has 140 valence electrons. The number of amides is 2. The molecule has 0 aliphatic carbocycles. The predicted molar refractivity (Wildman–Crippen MR) is 97.2 cm³/mol. The van der Waals surface area contributed by atoms with Gasteiger partial charge in [0.25, 0.3) is 5.91 Å². The van der Waals surface area contributed by atoms with Crippen LogP contribution >= 0.6 is 0 Å². The maximum Gasteiger partial charge on any atom is 0.252 e. The average Bonchev–Trinajstić information content (AvgIpc) is 3.00. The number of carbonyl (C=O) groups is 2. The minimum Gasteiger partial charge on any atom is -0.392 e. The molecular formula is C20H27N3O3. The molecule has 1 aromatic rings. The van der Waals surface area contributed by atoms with Crippen LogP contribution in [-0.4, -0.2) is 75.5 Å². The Morgan fingerprint density at radius 2 is 1.92 bits per heavy atom. The third kappa shape index (κ3) is 2.76. The van der Waals surface area contributed by atoms with Crippen LogP contribution in [0.3, 0.4) is 0 Å². The molecule has 3 saturated heterocycles. The molecule has 0 bridgehead atoms. The summed E-state index contributed by atoms with van der Waals surface area (Å²) in [5.74, 6) is -0.183. The van der Waals surface area contributed by atoms with Crippen molar-refractivity contribution >= 4 is 11.8 Å². The number of aliphatic hydroxyl groups is 1. The second-order valence-corrected chi connectivity index (χ2v) is 7.87. The van der Waals surface area contributed by atoms with E-state index < -0.39 is 11.6 Å². The monoisotopic (exact) mass is 357 g/mol. The zero-order chi connectivity index (χ0) is 18.3. The number of aliphatic hydroxyl groups excluding tert-OH is 1. The zero-order valence-corrected chi connectivity index (χ0v) is 15.3. The Kier molecular flexibility index (Phi) is 4.59.